The Morgan fingerprint density at radius 1 is 1.06 bits per heavy atom. The van der Waals surface area contributed by atoms with E-state index in [0.29, 0.717) is 6.04 Å². The quantitative estimate of drug-likeness (QED) is 0.621. The van der Waals surface area contributed by atoms with Crippen molar-refractivity contribution in [1.29, 1.82) is 0 Å². The minimum absolute atomic E-state index is 0.244. The lowest BCUT2D eigenvalue weighted by Crippen LogP contribution is -2.21. The van der Waals surface area contributed by atoms with Crippen LogP contribution < -0.4 is 11.1 Å². The summed E-state index contributed by atoms with van der Waals surface area (Å²) < 4.78 is 0. The van der Waals surface area contributed by atoms with Gasteiger partial charge >= 0.3 is 0 Å². The molecule has 0 unspecified atom stereocenters. The normalized spacial score (nSPS) is 9.53. The lowest BCUT2D eigenvalue weighted by molar-refractivity contribution is 0.293. The van der Waals surface area contributed by atoms with Gasteiger partial charge in [-0.1, -0.05) is 41.5 Å². The Morgan fingerprint density at radius 3 is 1.47 bits per heavy atom. The highest BCUT2D eigenvalue weighted by Gasteiger charge is 1.89. The first-order chi connectivity index (χ1) is 7.99. The highest BCUT2D eigenvalue weighted by Crippen LogP contribution is 1.81. The largest absolute Gasteiger partial charge is 0.395 e. The topological polar surface area (TPSA) is 61.5 Å². The Hall–Kier alpha value is -0.160. The molecule has 17 heavy (non-hydrogen) atoms. The van der Waals surface area contributed by atoms with Gasteiger partial charge in [0.25, 0.3) is 0 Å². The Kier molecular flexibility index (Phi) is 27.5. The molecular weight excluding hydrogens is 214 g/mol. The average Bonchev–Trinajstić information content (AvgIpc) is 2.29. The molecule has 0 spiro atoms. The van der Waals surface area contributed by atoms with E-state index >= 15 is 0 Å². The van der Waals surface area contributed by atoms with E-state index in [1.165, 1.54) is 19.6 Å². The number of rotatable bonds is 6. The van der Waals surface area contributed by atoms with Crippen LogP contribution >= 0.6 is 0 Å². The second kappa shape index (κ2) is 21.2. The first-order valence-electron chi connectivity index (χ1n) is 6.79. The number of aliphatic hydroxyl groups excluding tert-OH is 1. The molecule has 108 valence electrons. The van der Waals surface area contributed by atoms with Gasteiger partial charge in [-0.25, -0.2) is 0 Å². The second-order valence-corrected chi connectivity index (χ2v) is 3.94. The first-order valence-corrected chi connectivity index (χ1v) is 6.79. The lowest BCUT2D eigenvalue weighted by atomic mass is 10.5. The van der Waals surface area contributed by atoms with Crippen LogP contribution in [0.25, 0.3) is 0 Å². The molecule has 0 heterocycles. The highest BCUT2D eigenvalue weighted by atomic mass is 16.3. The predicted molar refractivity (Wildman–Crippen MR) is 78.4 cm³/mol. The molecule has 0 atom stereocenters. The van der Waals surface area contributed by atoms with Crippen molar-refractivity contribution in [3.05, 3.63) is 0 Å². The average molecular weight is 249 g/mol. The summed E-state index contributed by atoms with van der Waals surface area (Å²) in [7, 11) is 0. The van der Waals surface area contributed by atoms with Crippen LogP contribution in [-0.4, -0.2) is 55.4 Å². The molecular formula is C13H35N3O. The van der Waals surface area contributed by atoms with Crippen LogP contribution in [0.4, 0.5) is 0 Å². The summed E-state index contributed by atoms with van der Waals surface area (Å²) in [5.41, 5.74) is 5.11. The SMILES string of the molecule is CC(C)N.CCN(CC)CC.CCNCCO. The molecule has 0 saturated heterocycles. The summed E-state index contributed by atoms with van der Waals surface area (Å²) in [4.78, 5) is 2.38. The third-order valence-corrected chi connectivity index (χ3v) is 1.88. The van der Waals surface area contributed by atoms with Crippen LogP contribution in [0, 0.1) is 0 Å². The summed E-state index contributed by atoms with van der Waals surface area (Å²) in [6.07, 6.45) is 0. The van der Waals surface area contributed by atoms with Gasteiger partial charge in [0.15, 0.2) is 0 Å². The van der Waals surface area contributed by atoms with Crippen molar-refractivity contribution in [3.8, 4) is 0 Å². The van der Waals surface area contributed by atoms with E-state index in [1.54, 1.807) is 0 Å². The maximum absolute atomic E-state index is 8.13. The fraction of sp³-hybridized carbons (Fsp3) is 1.00. The number of hydrogen-bond acceptors (Lipinski definition) is 4. The molecule has 0 amide bonds. The Balaban J connectivity index is -0.000000180. The zero-order valence-corrected chi connectivity index (χ0v) is 12.8. The zero-order chi connectivity index (χ0) is 14.1. The minimum atomic E-state index is 0.244. The molecule has 0 aliphatic rings. The van der Waals surface area contributed by atoms with Gasteiger partial charge in [0.1, 0.15) is 0 Å². The maximum Gasteiger partial charge on any atom is 0.0555 e. The van der Waals surface area contributed by atoms with Gasteiger partial charge in [-0.3, -0.25) is 0 Å². The molecule has 0 aromatic rings. The first kappa shape index (κ1) is 22.1. The Labute approximate surface area is 109 Å². The van der Waals surface area contributed by atoms with Crippen LogP contribution in [0.2, 0.25) is 0 Å². The Morgan fingerprint density at radius 2 is 1.41 bits per heavy atom. The van der Waals surface area contributed by atoms with Crippen LogP contribution in [0.3, 0.4) is 0 Å². The second-order valence-electron chi connectivity index (χ2n) is 3.94. The molecule has 4 N–H and O–H groups in total. The van der Waals surface area contributed by atoms with E-state index < -0.39 is 0 Å². The van der Waals surface area contributed by atoms with Gasteiger partial charge in [-0.2, -0.15) is 0 Å². The third kappa shape index (κ3) is 38.8. The lowest BCUT2D eigenvalue weighted by Gasteiger charge is -2.13. The van der Waals surface area contributed by atoms with E-state index in [9.17, 15) is 0 Å². The predicted octanol–water partition coefficient (Wildman–Crippen LogP) is 1.29. The van der Waals surface area contributed by atoms with E-state index in [-0.39, 0.29) is 6.61 Å². The van der Waals surface area contributed by atoms with Crippen molar-refractivity contribution >= 4 is 0 Å². The summed E-state index contributed by atoms with van der Waals surface area (Å²) >= 11 is 0. The molecule has 4 heteroatoms. The third-order valence-electron chi connectivity index (χ3n) is 1.88. The van der Waals surface area contributed by atoms with Crippen molar-refractivity contribution in [2.75, 3.05) is 39.3 Å². The van der Waals surface area contributed by atoms with Crippen molar-refractivity contribution < 1.29 is 5.11 Å². The summed E-state index contributed by atoms with van der Waals surface area (Å²) in [5, 5.41) is 11.1. The van der Waals surface area contributed by atoms with Crippen molar-refractivity contribution in [1.82, 2.24) is 10.2 Å². The standard InChI is InChI=1S/C6H15N.C4H11NO.C3H9N/c1-4-7(5-2)6-3;1-2-5-3-4-6;1-3(2)4/h4-6H2,1-3H3;5-6H,2-4H2,1H3;3H,4H2,1-2H3. The molecule has 0 fully saturated rings. The molecule has 0 aliphatic carbocycles. The molecule has 0 aromatic carbocycles. The van der Waals surface area contributed by atoms with Gasteiger partial charge < -0.3 is 21.1 Å². The smallest absolute Gasteiger partial charge is 0.0555 e. The van der Waals surface area contributed by atoms with Crippen LogP contribution in [0.5, 0.6) is 0 Å². The number of hydrogen-bond donors (Lipinski definition) is 3. The maximum atomic E-state index is 8.13. The van der Waals surface area contributed by atoms with Gasteiger partial charge in [0.05, 0.1) is 6.61 Å². The summed E-state index contributed by atoms with van der Waals surface area (Å²) in [6.45, 7) is 17.9. The number of likely N-dealkylation sites (N-methyl/N-ethyl adjacent to an activating group) is 1. The van der Waals surface area contributed by atoms with Crippen molar-refractivity contribution in [2.45, 2.75) is 47.6 Å². The summed E-state index contributed by atoms with van der Waals surface area (Å²) in [6, 6.07) is 0.333. The van der Waals surface area contributed by atoms with Gasteiger partial charge in [0.2, 0.25) is 0 Å². The van der Waals surface area contributed by atoms with Crippen LogP contribution in [-0.2, 0) is 0 Å². The number of aliphatic hydroxyl groups is 1. The number of nitrogens with one attached hydrogen (secondary N) is 1. The van der Waals surface area contributed by atoms with Gasteiger partial charge in [0, 0.05) is 6.54 Å². The van der Waals surface area contributed by atoms with Crippen LogP contribution in [0.1, 0.15) is 41.5 Å². The molecule has 4 nitrogen and oxygen atoms in total. The molecule has 0 aliphatic heterocycles. The fourth-order valence-corrected chi connectivity index (χ4v) is 0.927. The fourth-order valence-electron chi connectivity index (χ4n) is 0.927. The molecule has 0 radical (unpaired) electrons. The van der Waals surface area contributed by atoms with Crippen molar-refractivity contribution in [3.63, 3.8) is 0 Å². The van der Waals surface area contributed by atoms with E-state index in [4.69, 9.17) is 10.8 Å². The minimum Gasteiger partial charge on any atom is -0.395 e. The molecule has 0 saturated carbocycles. The van der Waals surface area contributed by atoms with Gasteiger partial charge in [-0.05, 0) is 32.2 Å². The monoisotopic (exact) mass is 249 g/mol. The van der Waals surface area contributed by atoms with Gasteiger partial charge in [-0.15, -0.1) is 0 Å². The molecule has 0 bridgehead atoms. The molecule has 0 rings (SSSR count). The molecule has 0 aromatic heterocycles. The van der Waals surface area contributed by atoms with Crippen molar-refractivity contribution in [2.24, 2.45) is 5.73 Å². The number of nitrogens with two attached hydrogens (primary N) is 1. The van der Waals surface area contributed by atoms with E-state index in [1.807, 2.05) is 20.8 Å². The highest BCUT2D eigenvalue weighted by molar-refractivity contribution is 4.43. The van der Waals surface area contributed by atoms with E-state index in [2.05, 4.69) is 31.0 Å². The number of nitrogens with zero attached hydrogens (tertiary/aromatic N) is 1. The zero-order valence-electron chi connectivity index (χ0n) is 12.8. The Bertz CT molecular complexity index is 94.6. The van der Waals surface area contributed by atoms with Crippen LogP contribution in [0.15, 0.2) is 0 Å². The summed E-state index contributed by atoms with van der Waals surface area (Å²) in [5.74, 6) is 0. The van der Waals surface area contributed by atoms with E-state index in [0.717, 1.165) is 13.1 Å².